The Kier molecular flexibility index (Phi) is 5.37. The van der Waals surface area contributed by atoms with Gasteiger partial charge in [0.25, 0.3) is 0 Å². The molecule has 0 bridgehead atoms. The van der Waals surface area contributed by atoms with Gasteiger partial charge in [0, 0.05) is 35.1 Å². The number of rotatable bonds is 6. The van der Waals surface area contributed by atoms with Crippen LogP contribution >= 0.6 is 22.9 Å². The summed E-state index contributed by atoms with van der Waals surface area (Å²) >= 11 is 7.45. The number of likely N-dealkylation sites (N-methyl/N-ethyl adjacent to an activating group) is 1. The third kappa shape index (κ3) is 4.18. The Balaban J connectivity index is 2.08. The normalized spacial score (nSPS) is 11.2. The van der Waals surface area contributed by atoms with Gasteiger partial charge in [-0.2, -0.15) is 0 Å². The molecule has 0 saturated carbocycles. The Morgan fingerprint density at radius 1 is 1.30 bits per heavy atom. The number of nitrogens with two attached hydrogens (primary N) is 1. The second kappa shape index (κ2) is 7.04. The summed E-state index contributed by atoms with van der Waals surface area (Å²) < 4.78 is 0. The molecule has 0 aliphatic heterocycles. The van der Waals surface area contributed by atoms with Gasteiger partial charge in [0.2, 0.25) is 0 Å². The van der Waals surface area contributed by atoms with Gasteiger partial charge in [-0.1, -0.05) is 23.7 Å². The van der Waals surface area contributed by atoms with E-state index in [1.54, 1.807) is 0 Å². The second-order valence-electron chi connectivity index (χ2n) is 4.81. The van der Waals surface area contributed by atoms with Crippen LogP contribution in [0.15, 0.2) is 24.3 Å². The molecule has 4 nitrogen and oxygen atoms in total. The van der Waals surface area contributed by atoms with Crippen molar-refractivity contribution in [2.75, 3.05) is 32.9 Å². The molecule has 3 N–H and O–H groups in total. The third-order valence-electron chi connectivity index (χ3n) is 2.85. The molecule has 1 aromatic carbocycles. The van der Waals surface area contributed by atoms with E-state index in [-0.39, 0.29) is 0 Å². The lowest BCUT2D eigenvalue weighted by Crippen LogP contribution is -2.26. The van der Waals surface area contributed by atoms with Crippen molar-refractivity contribution in [2.45, 2.75) is 6.54 Å². The first kappa shape index (κ1) is 15.3. The van der Waals surface area contributed by atoms with E-state index >= 15 is 0 Å². The average Bonchev–Trinajstić information content (AvgIpc) is 2.76. The van der Waals surface area contributed by atoms with Crippen LogP contribution < -0.4 is 11.1 Å². The van der Waals surface area contributed by atoms with E-state index in [0.717, 1.165) is 40.8 Å². The van der Waals surface area contributed by atoms with Crippen LogP contribution in [0.1, 0.15) is 4.88 Å². The predicted molar refractivity (Wildman–Crippen MR) is 87.2 cm³/mol. The van der Waals surface area contributed by atoms with Crippen LogP contribution in [0.25, 0.3) is 11.3 Å². The number of nitrogens with zero attached hydrogens (tertiary/aromatic N) is 2. The molecule has 0 saturated heterocycles. The van der Waals surface area contributed by atoms with Gasteiger partial charge in [0.05, 0.1) is 5.69 Å². The average molecular weight is 311 g/mol. The molecule has 6 heteroatoms. The quantitative estimate of drug-likeness (QED) is 0.806. The minimum atomic E-state index is 0.597. The van der Waals surface area contributed by atoms with Crippen LogP contribution in [-0.4, -0.2) is 37.1 Å². The lowest BCUT2D eigenvalue weighted by atomic mass is 10.1. The van der Waals surface area contributed by atoms with E-state index in [1.807, 2.05) is 24.3 Å². The minimum absolute atomic E-state index is 0.597. The second-order valence-corrected chi connectivity index (χ2v) is 6.36. The number of benzene rings is 1. The topological polar surface area (TPSA) is 54.2 Å². The molecular weight excluding hydrogens is 292 g/mol. The number of nitrogen functional groups attached to an aromatic ring is 1. The number of hydrogen-bond donors (Lipinski definition) is 2. The molecule has 0 spiro atoms. The fourth-order valence-corrected chi connectivity index (χ4v) is 2.78. The van der Waals surface area contributed by atoms with E-state index in [4.69, 9.17) is 17.3 Å². The standard InChI is InChI=1S/C14H19ClN4S/c1-19(2)8-7-17-9-12-13(18-14(16)20-12)10-3-5-11(15)6-4-10/h3-6,17H,7-9H2,1-2H3,(H2,16,18). The van der Waals surface area contributed by atoms with Gasteiger partial charge in [-0.25, -0.2) is 4.98 Å². The SMILES string of the molecule is CN(C)CCNCc1sc(N)nc1-c1ccc(Cl)cc1. The molecular formula is C14H19ClN4S. The Morgan fingerprint density at radius 2 is 2.00 bits per heavy atom. The van der Waals surface area contributed by atoms with Crippen LogP contribution in [0.2, 0.25) is 5.02 Å². The van der Waals surface area contributed by atoms with Crippen molar-refractivity contribution in [1.29, 1.82) is 0 Å². The summed E-state index contributed by atoms with van der Waals surface area (Å²) in [6, 6.07) is 7.69. The van der Waals surface area contributed by atoms with Gasteiger partial charge in [-0.3, -0.25) is 0 Å². The first-order chi connectivity index (χ1) is 9.56. The first-order valence-corrected chi connectivity index (χ1v) is 7.62. The minimum Gasteiger partial charge on any atom is -0.375 e. The van der Waals surface area contributed by atoms with Crippen LogP contribution in [-0.2, 0) is 6.54 Å². The lowest BCUT2D eigenvalue weighted by molar-refractivity contribution is 0.400. The van der Waals surface area contributed by atoms with Crippen molar-refractivity contribution in [3.8, 4) is 11.3 Å². The summed E-state index contributed by atoms with van der Waals surface area (Å²) in [4.78, 5) is 7.73. The smallest absolute Gasteiger partial charge is 0.180 e. The molecule has 0 aliphatic rings. The highest BCUT2D eigenvalue weighted by molar-refractivity contribution is 7.15. The molecule has 2 aromatic rings. The highest BCUT2D eigenvalue weighted by Crippen LogP contribution is 2.30. The molecule has 20 heavy (non-hydrogen) atoms. The van der Waals surface area contributed by atoms with Crippen molar-refractivity contribution < 1.29 is 0 Å². The summed E-state index contributed by atoms with van der Waals surface area (Å²) in [7, 11) is 4.12. The number of nitrogens with one attached hydrogen (secondary N) is 1. The van der Waals surface area contributed by atoms with Gasteiger partial charge in [0.1, 0.15) is 0 Å². The first-order valence-electron chi connectivity index (χ1n) is 6.43. The van der Waals surface area contributed by atoms with Crippen molar-refractivity contribution in [1.82, 2.24) is 15.2 Å². The molecule has 1 aromatic heterocycles. The van der Waals surface area contributed by atoms with E-state index in [0.29, 0.717) is 5.13 Å². The fourth-order valence-electron chi connectivity index (χ4n) is 1.83. The number of anilines is 1. The van der Waals surface area contributed by atoms with Crippen molar-refractivity contribution in [3.05, 3.63) is 34.2 Å². The number of halogens is 1. The number of thiazole rings is 1. The van der Waals surface area contributed by atoms with Gasteiger partial charge < -0.3 is 16.0 Å². The summed E-state index contributed by atoms with van der Waals surface area (Å²) in [5, 5.41) is 4.74. The molecule has 108 valence electrons. The Bertz CT molecular complexity index is 551. The number of hydrogen-bond acceptors (Lipinski definition) is 5. The van der Waals surface area contributed by atoms with E-state index < -0.39 is 0 Å². The van der Waals surface area contributed by atoms with Crippen molar-refractivity contribution in [3.63, 3.8) is 0 Å². The Labute approximate surface area is 128 Å². The highest BCUT2D eigenvalue weighted by atomic mass is 35.5. The van der Waals surface area contributed by atoms with Crippen LogP contribution in [0.4, 0.5) is 5.13 Å². The van der Waals surface area contributed by atoms with Crippen LogP contribution in [0.5, 0.6) is 0 Å². The summed E-state index contributed by atoms with van der Waals surface area (Å²) in [6.07, 6.45) is 0. The van der Waals surface area contributed by atoms with Gasteiger partial charge in [0.15, 0.2) is 5.13 Å². The van der Waals surface area contributed by atoms with Crippen molar-refractivity contribution >= 4 is 28.1 Å². The summed E-state index contributed by atoms with van der Waals surface area (Å²) in [5.41, 5.74) is 7.84. The molecule has 0 amide bonds. The lowest BCUT2D eigenvalue weighted by Gasteiger charge is -2.10. The van der Waals surface area contributed by atoms with Gasteiger partial charge >= 0.3 is 0 Å². The Hall–Kier alpha value is -1.14. The zero-order valence-corrected chi connectivity index (χ0v) is 13.3. The Morgan fingerprint density at radius 3 is 2.65 bits per heavy atom. The zero-order valence-electron chi connectivity index (χ0n) is 11.7. The van der Waals surface area contributed by atoms with Crippen LogP contribution in [0, 0.1) is 0 Å². The molecule has 0 atom stereocenters. The van der Waals surface area contributed by atoms with E-state index in [1.165, 1.54) is 11.3 Å². The monoisotopic (exact) mass is 310 g/mol. The van der Waals surface area contributed by atoms with E-state index in [2.05, 4.69) is 29.3 Å². The largest absolute Gasteiger partial charge is 0.375 e. The zero-order chi connectivity index (χ0) is 14.5. The molecule has 0 fully saturated rings. The highest BCUT2D eigenvalue weighted by Gasteiger charge is 2.11. The van der Waals surface area contributed by atoms with Crippen molar-refractivity contribution in [2.24, 2.45) is 0 Å². The third-order valence-corrected chi connectivity index (χ3v) is 3.99. The maximum absolute atomic E-state index is 5.92. The molecule has 0 radical (unpaired) electrons. The fraction of sp³-hybridized carbons (Fsp3) is 0.357. The maximum atomic E-state index is 5.92. The summed E-state index contributed by atoms with van der Waals surface area (Å²) in [5.74, 6) is 0. The molecule has 1 heterocycles. The van der Waals surface area contributed by atoms with E-state index in [9.17, 15) is 0 Å². The summed E-state index contributed by atoms with van der Waals surface area (Å²) in [6.45, 7) is 2.72. The van der Waals surface area contributed by atoms with Crippen LogP contribution in [0.3, 0.4) is 0 Å². The van der Waals surface area contributed by atoms with Gasteiger partial charge in [-0.05, 0) is 26.2 Å². The molecule has 0 aliphatic carbocycles. The maximum Gasteiger partial charge on any atom is 0.180 e. The van der Waals surface area contributed by atoms with Gasteiger partial charge in [-0.15, -0.1) is 11.3 Å². The number of aromatic nitrogens is 1. The molecule has 2 rings (SSSR count). The molecule has 0 unspecified atom stereocenters. The predicted octanol–water partition coefficient (Wildman–Crippen LogP) is 2.70.